The molecule has 0 unspecified atom stereocenters. The molecule has 4 rings (SSSR count). The zero-order valence-electron chi connectivity index (χ0n) is 50.6. The molecule has 39 heteroatoms. The van der Waals surface area contributed by atoms with E-state index in [9.17, 15) is 72.5 Å². The molecule has 0 spiro atoms. The molecule has 13 amide bonds. The highest BCUT2D eigenvalue weighted by molar-refractivity contribution is 7.80. The Kier molecular flexibility index (Phi) is 32.0. The minimum atomic E-state index is -1.67. The molecule has 2 aromatic heterocycles. The summed E-state index contributed by atoms with van der Waals surface area (Å²) in [4.78, 5) is 189. The molecule has 3 heterocycles. The molecule has 93 heavy (non-hydrogen) atoms. The van der Waals surface area contributed by atoms with E-state index in [1.165, 1.54) is 68.1 Å². The molecule has 1 fully saturated rings. The van der Waals surface area contributed by atoms with Crippen molar-refractivity contribution in [3.8, 4) is 5.75 Å². The largest absolute Gasteiger partial charge is 0.508 e. The van der Waals surface area contributed by atoms with Crippen molar-refractivity contribution >= 4 is 133 Å². The topological polar surface area (TPSA) is 543 Å². The number of carbonyl (C=O) groups is 13. The molecule has 1 aliphatic rings. The van der Waals surface area contributed by atoms with Gasteiger partial charge in [0, 0.05) is 74.7 Å². The lowest BCUT2D eigenvalue weighted by Crippen LogP contribution is -2.60. The molecule has 1 aromatic carbocycles. The molecule has 11 atom stereocenters. The van der Waals surface area contributed by atoms with Gasteiger partial charge in [-0.05, 0) is 50.3 Å². The van der Waals surface area contributed by atoms with E-state index in [2.05, 4.69) is 134 Å². The summed E-state index contributed by atoms with van der Waals surface area (Å²) in [5, 5.41) is 57.3. The number of likely N-dealkylation sites (tertiary alicyclic amines) is 1. The van der Waals surface area contributed by atoms with Crippen LogP contribution in [0.5, 0.6) is 5.75 Å². The predicted octanol–water partition coefficient (Wildman–Crippen LogP) is -7.68. The number of hydrogen-bond acceptors (Lipinski definition) is 22. The van der Waals surface area contributed by atoms with Crippen LogP contribution in [0.15, 0.2) is 49.3 Å². The Labute approximate surface area is 555 Å². The highest BCUT2D eigenvalue weighted by atomic mass is 32.1. The molecule has 0 saturated carbocycles. The number of aromatic amines is 2. The van der Waals surface area contributed by atoms with Crippen LogP contribution in [0.25, 0.3) is 0 Å². The number of phenolic OH excluding ortho intramolecular Hbond substituents is 1. The van der Waals surface area contributed by atoms with Crippen LogP contribution < -0.4 is 75.3 Å². The number of amides is 13. The number of phenols is 1. The number of aliphatic hydroxyl groups is 1. The predicted molar refractivity (Wildman–Crippen MR) is 346 cm³/mol. The second-order valence-electron chi connectivity index (χ2n) is 21.1. The SMILES string of the molecule is CC(=O)N[C@@H](CS)C(=O)N[C@@H](CS)C(=O)N[C@@H](Cc1c[nH]cn1)C(=O)N1CCC[C@H]1C(=O)N[C@@H](C)C(=O)N[C@@H](CS)C(=O)NCC(=O)N[C@@H](CCCNC(=N)N)C(=O)N[C@@H](Cc1c[nH]cn1)C(=O)N[C@@H](Cc1ccc(O)cc1)C(=O)N[C@@H](CO)C(=O)N[C@@H](CS)C(N)=O. The molecule has 0 aliphatic carbocycles. The van der Waals surface area contributed by atoms with E-state index in [-0.39, 0.29) is 86.1 Å². The van der Waals surface area contributed by atoms with Gasteiger partial charge in [0.2, 0.25) is 76.8 Å². The van der Waals surface area contributed by atoms with Gasteiger partial charge >= 0.3 is 0 Å². The lowest BCUT2D eigenvalue weighted by Gasteiger charge is -2.30. The molecule has 3 aromatic rings. The number of rotatable bonds is 38. The maximum atomic E-state index is 14.4. The summed E-state index contributed by atoms with van der Waals surface area (Å²) in [6, 6.07) is -9.57. The fourth-order valence-electron chi connectivity index (χ4n) is 9.08. The van der Waals surface area contributed by atoms with Gasteiger partial charge in [-0.15, -0.1) is 0 Å². The Balaban J connectivity index is 1.44. The second kappa shape index (κ2) is 38.9. The normalized spacial score (nSPS) is 15.8. The first-order valence-corrected chi connectivity index (χ1v) is 31.5. The Hall–Kier alpha value is -8.82. The highest BCUT2D eigenvalue weighted by Crippen LogP contribution is 2.20. The van der Waals surface area contributed by atoms with Gasteiger partial charge in [-0.3, -0.25) is 67.7 Å². The number of carbonyl (C=O) groups excluding carboxylic acids is 13. The van der Waals surface area contributed by atoms with Gasteiger partial charge in [-0.25, -0.2) is 9.97 Å². The van der Waals surface area contributed by atoms with Crippen molar-refractivity contribution in [2.24, 2.45) is 11.5 Å². The number of aromatic nitrogens is 4. The zero-order chi connectivity index (χ0) is 68.9. The fourth-order valence-corrected chi connectivity index (χ4v) is 10.1. The van der Waals surface area contributed by atoms with Crippen LogP contribution in [0, 0.1) is 5.41 Å². The van der Waals surface area contributed by atoms with Gasteiger partial charge in [0.05, 0.1) is 37.2 Å². The number of aliphatic hydroxyl groups excluding tert-OH is 1. The average Bonchev–Trinajstić information content (AvgIpc) is 1.79. The number of primary amides is 1. The number of aromatic hydroxyl groups is 1. The summed E-state index contributed by atoms with van der Waals surface area (Å²) in [6.07, 6.45) is 5.27. The monoisotopic (exact) mass is 1380 g/mol. The van der Waals surface area contributed by atoms with Crippen molar-refractivity contribution in [1.82, 2.24) is 88.6 Å². The lowest BCUT2D eigenvalue weighted by molar-refractivity contribution is -0.142. The number of imidazole rings is 2. The van der Waals surface area contributed by atoms with Crippen LogP contribution in [-0.4, -0.2) is 234 Å². The van der Waals surface area contributed by atoms with Crippen molar-refractivity contribution in [2.45, 2.75) is 125 Å². The molecule has 510 valence electrons. The number of hydrogen-bond donors (Lipinski definition) is 23. The first kappa shape index (κ1) is 76.6. The van der Waals surface area contributed by atoms with Gasteiger partial charge in [-0.2, -0.15) is 50.5 Å². The summed E-state index contributed by atoms with van der Waals surface area (Å²) in [5.41, 5.74) is 11.8. The number of H-pyrrole nitrogens is 2. The van der Waals surface area contributed by atoms with E-state index in [1.54, 1.807) is 0 Å². The van der Waals surface area contributed by atoms with Gasteiger partial charge in [0.1, 0.15) is 72.2 Å². The van der Waals surface area contributed by atoms with Gasteiger partial charge in [-0.1, -0.05) is 12.1 Å². The highest BCUT2D eigenvalue weighted by Gasteiger charge is 2.40. The van der Waals surface area contributed by atoms with Gasteiger partial charge < -0.3 is 100 Å². The molecule has 21 N–H and O–H groups in total. The van der Waals surface area contributed by atoms with Crippen molar-refractivity contribution in [2.75, 3.05) is 49.3 Å². The molecule has 0 radical (unpaired) electrons. The minimum absolute atomic E-state index is 0.0380. The van der Waals surface area contributed by atoms with Crippen molar-refractivity contribution in [3.05, 3.63) is 66.3 Å². The van der Waals surface area contributed by atoms with E-state index >= 15 is 0 Å². The molecule has 35 nitrogen and oxygen atoms in total. The maximum Gasteiger partial charge on any atom is 0.246 e. The summed E-state index contributed by atoms with van der Waals surface area (Å²) in [5.74, 6) is -12.5. The summed E-state index contributed by atoms with van der Waals surface area (Å²) in [7, 11) is 0. The number of nitrogens with two attached hydrogens (primary N) is 2. The number of thiol groups is 4. The minimum Gasteiger partial charge on any atom is -0.508 e. The van der Waals surface area contributed by atoms with E-state index in [4.69, 9.17) is 16.9 Å². The third kappa shape index (κ3) is 25.3. The lowest BCUT2D eigenvalue weighted by atomic mass is 10.0. The summed E-state index contributed by atoms with van der Waals surface area (Å²) < 4.78 is 0. The molecular weight excluding hydrogens is 1300 g/mol. The zero-order valence-corrected chi connectivity index (χ0v) is 54.1. The molecule has 1 saturated heterocycles. The van der Waals surface area contributed by atoms with E-state index < -0.39 is 162 Å². The Morgan fingerprint density at radius 1 is 0.602 bits per heavy atom. The van der Waals surface area contributed by atoms with Crippen LogP contribution in [0.2, 0.25) is 0 Å². The number of benzene rings is 1. The molecule has 1 aliphatic heterocycles. The van der Waals surface area contributed by atoms with Crippen LogP contribution >= 0.6 is 50.5 Å². The third-order valence-corrected chi connectivity index (χ3v) is 15.5. The Morgan fingerprint density at radius 3 is 1.60 bits per heavy atom. The van der Waals surface area contributed by atoms with Crippen LogP contribution in [-0.2, 0) is 81.6 Å². The first-order chi connectivity index (χ1) is 44.2. The molecule has 0 bridgehead atoms. The average molecular weight is 1380 g/mol. The number of nitrogens with one attached hydrogen (secondary N) is 15. The van der Waals surface area contributed by atoms with Crippen LogP contribution in [0.3, 0.4) is 0 Å². The fraction of sp³-hybridized carbons (Fsp3) is 0.519. The number of guanidine groups is 1. The first-order valence-electron chi connectivity index (χ1n) is 28.9. The quantitative estimate of drug-likeness (QED) is 0.0110. The third-order valence-electron chi connectivity index (χ3n) is 14.0. The Bertz CT molecular complexity index is 3080. The standard InChI is InChI=1S/C54H80N20O15S4/c1-26(64-52(88)41-6-4-12-74(41)53(89)35(15-30-17-59-25-63-30)69-51(87)40(23-93)73-50(86)39(22-92)65-27(2)76)44(80)72-38(21-91)45(81)61-18-42(78)66-32(5-3-11-60-54(56)57)46(82)68-34(14-29-16-58-24-62-29)48(84)67-33(13-28-7-9-31(77)10-8-28)47(83)70-36(19-75)49(85)71-37(20-90)43(55)79/h7-10,16-17,24-26,32-41,75,77,90-93H,3-6,11-15,18-23H2,1-2H3,(H2,55,79)(H,58,62)(H,59,63)(H,61,81)(H,64,88)(H,65,76)(H,66,78)(H,67,84)(H,68,82)(H,69,87)(H,70,83)(H,71,85)(H,72,80)(H,73,86)(H4,56,57,60)/t26-,32-,33-,34-,35-,36-,37-,38-,39-,40-,41-/m0/s1. The van der Waals surface area contributed by atoms with Gasteiger partial charge in [0.25, 0.3) is 0 Å². The van der Waals surface area contributed by atoms with E-state index in [0.29, 0.717) is 17.7 Å². The molecular formula is C54H80N20O15S4. The Morgan fingerprint density at radius 2 is 1.08 bits per heavy atom. The smallest absolute Gasteiger partial charge is 0.246 e. The van der Waals surface area contributed by atoms with Crippen molar-refractivity contribution < 1.29 is 72.5 Å². The number of nitrogens with zero attached hydrogens (tertiary/aromatic N) is 3. The van der Waals surface area contributed by atoms with Crippen LogP contribution in [0.4, 0.5) is 0 Å². The summed E-state index contributed by atoms with van der Waals surface area (Å²) in [6.45, 7) is 0.868. The van der Waals surface area contributed by atoms with E-state index in [1.807, 2.05) is 0 Å². The van der Waals surface area contributed by atoms with Crippen molar-refractivity contribution in [3.63, 3.8) is 0 Å². The summed E-state index contributed by atoms with van der Waals surface area (Å²) >= 11 is 16.5. The van der Waals surface area contributed by atoms with Crippen LogP contribution in [0.1, 0.15) is 56.5 Å². The van der Waals surface area contributed by atoms with Gasteiger partial charge in [0.15, 0.2) is 5.96 Å². The van der Waals surface area contributed by atoms with E-state index in [0.717, 1.165) is 0 Å². The maximum absolute atomic E-state index is 14.4. The van der Waals surface area contributed by atoms with Crippen molar-refractivity contribution in [1.29, 1.82) is 5.41 Å². The second-order valence-corrected chi connectivity index (χ2v) is 22.6.